The molecule has 35 heavy (non-hydrogen) atoms. The number of hydrogen-bond acceptors (Lipinski definition) is 4. The first kappa shape index (κ1) is 23.5. The molecule has 2 amide bonds. The van der Waals surface area contributed by atoms with E-state index in [1.165, 1.54) is 23.3 Å². The summed E-state index contributed by atoms with van der Waals surface area (Å²) in [5.41, 5.74) is 3.30. The Morgan fingerprint density at radius 3 is 2.34 bits per heavy atom. The van der Waals surface area contributed by atoms with Crippen LogP contribution in [-0.2, 0) is 15.0 Å². The Balaban J connectivity index is 1.34. The second-order valence-corrected chi connectivity index (χ2v) is 10.4. The molecule has 1 saturated carbocycles. The van der Waals surface area contributed by atoms with Gasteiger partial charge in [-0.15, -0.1) is 0 Å². The SMILES string of the molecule is Cc1ccc(N(C)C(=O)C2(c3ccc(O)c(O)c3)CC2)cc1C1C=CC(C(=O)N2CCCC2)CC1. The van der Waals surface area contributed by atoms with Crippen LogP contribution in [0.1, 0.15) is 61.1 Å². The molecule has 2 aromatic rings. The number of aryl methyl sites for hydroxylation is 1. The van der Waals surface area contributed by atoms with Crippen LogP contribution < -0.4 is 4.90 Å². The lowest BCUT2D eigenvalue weighted by atomic mass is 9.82. The number of carbonyl (C=O) groups excluding carboxylic acids is 2. The molecule has 0 spiro atoms. The van der Waals surface area contributed by atoms with E-state index in [1.54, 1.807) is 18.0 Å². The summed E-state index contributed by atoms with van der Waals surface area (Å²) >= 11 is 0. The summed E-state index contributed by atoms with van der Waals surface area (Å²) in [6.45, 7) is 3.87. The molecule has 2 fully saturated rings. The minimum Gasteiger partial charge on any atom is -0.504 e. The number of phenolic OH excluding ortho intramolecular Hbond substituents is 2. The van der Waals surface area contributed by atoms with E-state index in [4.69, 9.17) is 0 Å². The van der Waals surface area contributed by atoms with Crippen molar-refractivity contribution in [2.24, 2.45) is 5.92 Å². The van der Waals surface area contributed by atoms with Gasteiger partial charge in [0.25, 0.3) is 0 Å². The molecule has 2 unspecified atom stereocenters. The van der Waals surface area contributed by atoms with Crippen LogP contribution in [0.5, 0.6) is 11.5 Å². The molecule has 1 aliphatic heterocycles. The van der Waals surface area contributed by atoms with E-state index >= 15 is 0 Å². The molecule has 0 bridgehead atoms. The number of likely N-dealkylation sites (tertiary alicyclic amines) is 1. The van der Waals surface area contributed by atoms with Gasteiger partial charge in [-0.1, -0.05) is 24.3 Å². The van der Waals surface area contributed by atoms with Crippen LogP contribution in [0.2, 0.25) is 0 Å². The van der Waals surface area contributed by atoms with E-state index in [2.05, 4.69) is 31.2 Å². The summed E-state index contributed by atoms with van der Waals surface area (Å²) in [5, 5.41) is 19.6. The fourth-order valence-corrected chi connectivity index (χ4v) is 5.70. The first-order valence-corrected chi connectivity index (χ1v) is 12.7. The van der Waals surface area contributed by atoms with E-state index in [1.807, 2.05) is 11.0 Å². The Kier molecular flexibility index (Phi) is 6.07. The lowest BCUT2D eigenvalue weighted by molar-refractivity contribution is -0.133. The maximum Gasteiger partial charge on any atom is 0.237 e. The number of carbonyl (C=O) groups is 2. The molecule has 3 aliphatic rings. The molecule has 1 saturated heterocycles. The van der Waals surface area contributed by atoms with Gasteiger partial charge in [-0.2, -0.15) is 0 Å². The fourth-order valence-electron chi connectivity index (χ4n) is 5.70. The number of anilines is 1. The van der Waals surface area contributed by atoms with Crippen molar-refractivity contribution in [3.05, 3.63) is 65.2 Å². The van der Waals surface area contributed by atoms with Gasteiger partial charge in [-0.25, -0.2) is 0 Å². The Bertz CT molecular complexity index is 1180. The molecule has 2 aliphatic carbocycles. The summed E-state index contributed by atoms with van der Waals surface area (Å²) in [6, 6.07) is 10.8. The monoisotopic (exact) mass is 474 g/mol. The largest absolute Gasteiger partial charge is 0.504 e. The quantitative estimate of drug-likeness (QED) is 0.483. The number of benzene rings is 2. The number of nitrogens with zero attached hydrogens (tertiary/aromatic N) is 2. The average Bonchev–Trinajstić information content (AvgIpc) is 3.50. The maximum atomic E-state index is 13.6. The molecule has 6 nitrogen and oxygen atoms in total. The Labute approximate surface area is 206 Å². The number of hydrogen-bond donors (Lipinski definition) is 2. The zero-order chi connectivity index (χ0) is 24.7. The second kappa shape index (κ2) is 9.06. The van der Waals surface area contributed by atoms with Crippen molar-refractivity contribution in [2.75, 3.05) is 25.0 Å². The third-order valence-corrected chi connectivity index (χ3v) is 8.14. The smallest absolute Gasteiger partial charge is 0.237 e. The predicted molar refractivity (Wildman–Crippen MR) is 136 cm³/mol. The maximum absolute atomic E-state index is 13.6. The number of amides is 2. The predicted octanol–water partition coefficient (Wildman–Crippen LogP) is 4.77. The Morgan fingerprint density at radius 1 is 0.971 bits per heavy atom. The van der Waals surface area contributed by atoms with Gasteiger partial charge in [0.2, 0.25) is 11.8 Å². The summed E-state index contributed by atoms with van der Waals surface area (Å²) in [4.78, 5) is 30.1. The van der Waals surface area contributed by atoms with Crippen molar-refractivity contribution >= 4 is 17.5 Å². The molecular weight excluding hydrogens is 440 g/mol. The number of allylic oxidation sites excluding steroid dienone is 1. The summed E-state index contributed by atoms with van der Waals surface area (Å²) in [5.74, 6) is 0.0836. The summed E-state index contributed by atoms with van der Waals surface area (Å²) in [6.07, 6.45) is 9.69. The lowest BCUT2D eigenvalue weighted by Gasteiger charge is -2.28. The number of aromatic hydroxyl groups is 2. The molecule has 0 aromatic heterocycles. The van der Waals surface area contributed by atoms with Gasteiger partial charge in [0.1, 0.15) is 0 Å². The molecule has 6 heteroatoms. The highest BCUT2D eigenvalue weighted by Gasteiger charge is 2.53. The van der Waals surface area contributed by atoms with E-state index < -0.39 is 5.41 Å². The van der Waals surface area contributed by atoms with Crippen molar-refractivity contribution in [3.63, 3.8) is 0 Å². The topological polar surface area (TPSA) is 81.1 Å². The minimum atomic E-state index is -0.654. The van der Waals surface area contributed by atoms with Crippen LogP contribution in [0, 0.1) is 12.8 Å². The van der Waals surface area contributed by atoms with Crippen LogP contribution in [0.25, 0.3) is 0 Å². The zero-order valence-corrected chi connectivity index (χ0v) is 20.5. The first-order chi connectivity index (χ1) is 16.8. The second-order valence-electron chi connectivity index (χ2n) is 10.4. The van der Waals surface area contributed by atoms with Gasteiger partial charge in [0.15, 0.2) is 11.5 Å². The molecule has 2 aromatic carbocycles. The highest BCUT2D eigenvalue weighted by Crippen LogP contribution is 2.51. The molecular formula is C29H34N2O4. The number of phenols is 2. The van der Waals surface area contributed by atoms with E-state index in [-0.39, 0.29) is 35.1 Å². The molecule has 1 heterocycles. The van der Waals surface area contributed by atoms with Gasteiger partial charge >= 0.3 is 0 Å². The normalized spacial score (nSPS) is 22.7. The van der Waals surface area contributed by atoms with Crippen molar-refractivity contribution in [1.82, 2.24) is 4.90 Å². The number of likely N-dealkylation sites (N-methyl/N-ethyl adjacent to an activating group) is 1. The Hall–Kier alpha value is -3.28. The molecule has 2 atom stereocenters. The first-order valence-electron chi connectivity index (χ1n) is 12.7. The van der Waals surface area contributed by atoms with E-state index in [9.17, 15) is 19.8 Å². The minimum absolute atomic E-state index is 0.00662. The van der Waals surface area contributed by atoms with Crippen LogP contribution in [0.3, 0.4) is 0 Å². The summed E-state index contributed by atoms with van der Waals surface area (Å²) in [7, 11) is 1.80. The third kappa shape index (κ3) is 4.30. The van der Waals surface area contributed by atoms with Crippen LogP contribution in [-0.4, -0.2) is 47.1 Å². The van der Waals surface area contributed by atoms with Crippen molar-refractivity contribution in [1.29, 1.82) is 0 Å². The molecule has 5 rings (SSSR count). The van der Waals surface area contributed by atoms with Gasteiger partial charge in [-0.05, 0) is 86.4 Å². The highest BCUT2D eigenvalue weighted by molar-refractivity contribution is 6.03. The van der Waals surface area contributed by atoms with Gasteiger partial charge in [0.05, 0.1) is 11.3 Å². The highest BCUT2D eigenvalue weighted by atomic mass is 16.3. The van der Waals surface area contributed by atoms with Crippen LogP contribution >= 0.6 is 0 Å². The van der Waals surface area contributed by atoms with E-state index in [0.717, 1.165) is 62.9 Å². The van der Waals surface area contributed by atoms with Crippen LogP contribution in [0.4, 0.5) is 5.69 Å². The third-order valence-electron chi connectivity index (χ3n) is 8.14. The van der Waals surface area contributed by atoms with Crippen LogP contribution in [0.15, 0.2) is 48.6 Å². The summed E-state index contributed by atoms with van der Waals surface area (Å²) < 4.78 is 0. The number of rotatable bonds is 5. The van der Waals surface area contributed by atoms with Crippen molar-refractivity contribution in [2.45, 2.75) is 56.8 Å². The van der Waals surface area contributed by atoms with Crippen molar-refractivity contribution < 1.29 is 19.8 Å². The van der Waals surface area contributed by atoms with Gasteiger partial charge in [-0.3, -0.25) is 9.59 Å². The zero-order valence-electron chi connectivity index (χ0n) is 20.5. The average molecular weight is 475 g/mol. The van der Waals surface area contributed by atoms with Gasteiger partial charge < -0.3 is 20.0 Å². The van der Waals surface area contributed by atoms with E-state index in [0.29, 0.717) is 0 Å². The molecule has 184 valence electrons. The standard InChI is InChI=1S/C29H34N2O4/c1-19-5-11-23(30(2)28(35)29(13-14-29)22-10-12-25(32)26(33)17-22)18-24(19)20-6-8-21(9-7-20)27(34)31-15-3-4-16-31/h5-6,8,10-12,17-18,20-21,32-33H,3-4,7,9,13-16H2,1-2H3. The molecule has 2 N–H and O–H groups in total. The van der Waals surface area contributed by atoms with Crippen molar-refractivity contribution in [3.8, 4) is 11.5 Å². The molecule has 0 radical (unpaired) electrons. The Morgan fingerprint density at radius 2 is 1.71 bits per heavy atom. The van der Waals surface area contributed by atoms with Gasteiger partial charge in [0, 0.05) is 31.7 Å². The lowest BCUT2D eigenvalue weighted by Crippen LogP contribution is -2.36. The fraction of sp³-hybridized carbons (Fsp3) is 0.448.